The average molecular weight is 327 g/mol. The van der Waals surface area contributed by atoms with Gasteiger partial charge in [-0.1, -0.05) is 18.2 Å². The Morgan fingerprint density at radius 1 is 1.08 bits per heavy atom. The lowest BCUT2D eigenvalue weighted by atomic mass is 10.1. The van der Waals surface area contributed by atoms with Gasteiger partial charge in [-0.25, -0.2) is 8.78 Å². The van der Waals surface area contributed by atoms with Gasteiger partial charge in [-0.05, 0) is 35.9 Å². The summed E-state index contributed by atoms with van der Waals surface area (Å²) in [5, 5.41) is 22.0. The Balaban J connectivity index is 2.25. The maximum absolute atomic E-state index is 13.6. The fourth-order valence-corrected chi connectivity index (χ4v) is 1.83. The molecule has 0 spiro atoms. The van der Waals surface area contributed by atoms with E-state index < -0.39 is 34.6 Å². The molecule has 24 heavy (non-hydrogen) atoms. The minimum atomic E-state index is -1.37. The molecule has 7 heteroatoms. The molecule has 0 fully saturated rings. The number of carbonyl (C=O) groups is 2. The molecule has 2 rings (SSSR count). The predicted molar refractivity (Wildman–Crippen MR) is 79.4 cm³/mol. The number of hydrogen-bond acceptors (Lipinski definition) is 4. The van der Waals surface area contributed by atoms with Crippen molar-refractivity contribution in [3.05, 3.63) is 70.8 Å². The van der Waals surface area contributed by atoms with Crippen molar-refractivity contribution >= 4 is 23.6 Å². The molecule has 0 atom stereocenters. The van der Waals surface area contributed by atoms with E-state index in [1.807, 2.05) is 0 Å². The van der Waals surface area contributed by atoms with E-state index in [0.717, 1.165) is 24.3 Å². The van der Waals surface area contributed by atoms with Gasteiger partial charge in [-0.15, -0.1) is 0 Å². The van der Waals surface area contributed by atoms with Crippen LogP contribution in [-0.2, 0) is 4.79 Å². The van der Waals surface area contributed by atoms with Gasteiger partial charge in [0.1, 0.15) is 23.3 Å². The fraction of sp³-hybridized carbons (Fsp3) is 0. The lowest BCUT2D eigenvalue weighted by molar-refractivity contribution is -0.255. The van der Waals surface area contributed by atoms with E-state index in [-0.39, 0.29) is 11.3 Å². The van der Waals surface area contributed by atoms with Gasteiger partial charge in [-0.2, -0.15) is 5.26 Å². The van der Waals surface area contributed by atoms with Crippen molar-refractivity contribution in [2.24, 2.45) is 0 Å². The van der Waals surface area contributed by atoms with Crippen LogP contribution in [0, 0.1) is 23.0 Å². The highest BCUT2D eigenvalue weighted by atomic mass is 19.1. The zero-order chi connectivity index (χ0) is 17.7. The lowest BCUT2D eigenvalue weighted by Gasteiger charge is -2.07. The minimum Gasteiger partial charge on any atom is -0.545 e. The van der Waals surface area contributed by atoms with Crippen molar-refractivity contribution < 1.29 is 23.5 Å². The van der Waals surface area contributed by atoms with Crippen LogP contribution in [0.5, 0.6) is 0 Å². The SMILES string of the molecule is N#C/C(=C\c1c(F)cccc1F)C(=O)Nc1ccc(C(=O)[O-])cc1. The van der Waals surface area contributed by atoms with E-state index in [1.54, 1.807) is 6.07 Å². The number of aromatic carboxylic acids is 1. The number of amides is 1. The standard InChI is InChI=1S/C17H10F2N2O3/c18-14-2-1-3-15(19)13(14)8-11(9-20)16(22)21-12-6-4-10(5-7-12)17(23)24/h1-8H,(H,21,22)(H,23,24)/p-1/b11-8+. The lowest BCUT2D eigenvalue weighted by Crippen LogP contribution is -2.22. The third-order valence-electron chi connectivity index (χ3n) is 3.03. The molecule has 2 aromatic rings. The highest BCUT2D eigenvalue weighted by molar-refractivity contribution is 6.09. The number of anilines is 1. The molecule has 0 bridgehead atoms. The van der Waals surface area contributed by atoms with Gasteiger partial charge in [0.2, 0.25) is 0 Å². The van der Waals surface area contributed by atoms with E-state index in [9.17, 15) is 23.5 Å². The Kier molecular flexibility index (Phi) is 5.02. The molecule has 2 aromatic carbocycles. The average Bonchev–Trinajstić information content (AvgIpc) is 2.55. The number of carbonyl (C=O) groups excluding carboxylic acids is 2. The summed E-state index contributed by atoms with van der Waals surface area (Å²) in [6.45, 7) is 0. The Bertz CT molecular complexity index is 848. The third kappa shape index (κ3) is 3.81. The van der Waals surface area contributed by atoms with Crippen LogP contribution < -0.4 is 10.4 Å². The van der Waals surface area contributed by atoms with Gasteiger partial charge in [0.05, 0.1) is 5.97 Å². The zero-order valence-electron chi connectivity index (χ0n) is 12.0. The highest BCUT2D eigenvalue weighted by Gasteiger charge is 2.13. The summed E-state index contributed by atoms with van der Waals surface area (Å²) in [5.74, 6) is -4.08. The van der Waals surface area contributed by atoms with E-state index >= 15 is 0 Å². The number of nitrogens with zero attached hydrogens (tertiary/aromatic N) is 1. The summed E-state index contributed by atoms with van der Waals surface area (Å²) in [6, 6.07) is 9.72. The number of hydrogen-bond donors (Lipinski definition) is 1. The Labute approximate surface area is 135 Å². The van der Waals surface area contributed by atoms with E-state index in [2.05, 4.69) is 5.32 Å². The number of nitrogens with one attached hydrogen (secondary N) is 1. The number of rotatable bonds is 4. The van der Waals surface area contributed by atoms with Crippen LogP contribution in [0.15, 0.2) is 48.0 Å². The van der Waals surface area contributed by atoms with Crippen molar-refractivity contribution in [1.82, 2.24) is 0 Å². The van der Waals surface area contributed by atoms with E-state index in [1.165, 1.54) is 24.3 Å². The summed E-state index contributed by atoms with van der Waals surface area (Å²) < 4.78 is 27.1. The molecule has 0 heterocycles. The maximum atomic E-state index is 13.6. The second-order valence-corrected chi connectivity index (χ2v) is 4.62. The first-order chi connectivity index (χ1) is 11.4. The molecule has 0 saturated carbocycles. The molecule has 120 valence electrons. The van der Waals surface area contributed by atoms with Crippen LogP contribution in [0.25, 0.3) is 6.08 Å². The molecule has 0 aliphatic rings. The van der Waals surface area contributed by atoms with Crippen molar-refractivity contribution in [2.75, 3.05) is 5.32 Å². The molecule has 0 unspecified atom stereocenters. The van der Waals surface area contributed by atoms with Crippen LogP contribution in [-0.4, -0.2) is 11.9 Å². The van der Waals surface area contributed by atoms with E-state index in [0.29, 0.717) is 0 Å². The van der Waals surface area contributed by atoms with Crippen molar-refractivity contribution in [3.63, 3.8) is 0 Å². The van der Waals surface area contributed by atoms with Gasteiger partial charge in [0.15, 0.2) is 0 Å². The summed E-state index contributed by atoms with van der Waals surface area (Å²) in [6.07, 6.45) is 0.801. The van der Waals surface area contributed by atoms with Gasteiger partial charge < -0.3 is 15.2 Å². The van der Waals surface area contributed by atoms with Crippen LogP contribution in [0.4, 0.5) is 14.5 Å². The molecule has 0 saturated heterocycles. The molecule has 0 aliphatic carbocycles. The van der Waals surface area contributed by atoms with E-state index in [4.69, 9.17) is 5.26 Å². The van der Waals surface area contributed by atoms with Gasteiger partial charge in [-0.3, -0.25) is 4.79 Å². The van der Waals surface area contributed by atoms with Crippen LogP contribution >= 0.6 is 0 Å². The largest absolute Gasteiger partial charge is 0.545 e. The molecule has 5 nitrogen and oxygen atoms in total. The normalized spacial score (nSPS) is 10.8. The molecule has 0 aliphatic heterocycles. The smallest absolute Gasteiger partial charge is 0.266 e. The second kappa shape index (κ2) is 7.15. The van der Waals surface area contributed by atoms with Crippen LogP contribution in [0.1, 0.15) is 15.9 Å². The third-order valence-corrected chi connectivity index (χ3v) is 3.03. The Morgan fingerprint density at radius 3 is 2.17 bits per heavy atom. The topological polar surface area (TPSA) is 93.0 Å². The van der Waals surface area contributed by atoms with Gasteiger partial charge >= 0.3 is 0 Å². The van der Waals surface area contributed by atoms with Crippen molar-refractivity contribution in [1.29, 1.82) is 5.26 Å². The summed E-state index contributed by atoms with van der Waals surface area (Å²) in [5.41, 5.74) is -0.892. The highest BCUT2D eigenvalue weighted by Crippen LogP contribution is 2.17. The van der Waals surface area contributed by atoms with Crippen LogP contribution in [0.3, 0.4) is 0 Å². The Hall–Kier alpha value is -3.53. The number of benzene rings is 2. The molecule has 1 amide bonds. The monoisotopic (exact) mass is 327 g/mol. The zero-order valence-corrected chi connectivity index (χ0v) is 12.0. The first-order valence-corrected chi connectivity index (χ1v) is 6.61. The fourth-order valence-electron chi connectivity index (χ4n) is 1.83. The molecular weight excluding hydrogens is 318 g/mol. The summed E-state index contributed by atoms with van der Waals surface area (Å²) in [7, 11) is 0. The molecule has 0 radical (unpaired) electrons. The predicted octanol–water partition coefficient (Wildman–Crippen LogP) is 1.87. The first kappa shape index (κ1) is 16.8. The van der Waals surface area contributed by atoms with Crippen LogP contribution in [0.2, 0.25) is 0 Å². The first-order valence-electron chi connectivity index (χ1n) is 6.61. The van der Waals surface area contributed by atoms with Crippen molar-refractivity contribution in [2.45, 2.75) is 0 Å². The maximum Gasteiger partial charge on any atom is 0.266 e. The summed E-state index contributed by atoms with van der Waals surface area (Å²) in [4.78, 5) is 22.6. The number of nitriles is 1. The van der Waals surface area contributed by atoms with Gasteiger partial charge in [0.25, 0.3) is 5.91 Å². The Morgan fingerprint density at radius 2 is 1.67 bits per heavy atom. The second-order valence-electron chi connectivity index (χ2n) is 4.62. The molecule has 1 N–H and O–H groups in total. The summed E-state index contributed by atoms with van der Waals surface area (Å²) >= 11 is 0. The minimum absolute atomic E-state index is 0.0857. The number of carboxylic acids is 1. The quantitative estimate of drug-likeness (QED) is 0.685. The van der Waals surface area contributed by atoms with Gasteiger partial charge in [0, 0.05) is 11.3 Å². The van der Waals surface area contributed by atoms with Crippen molar-refractivity contribution in [3.8, 4) is 6.07 Å². The number of halogens is 2. The molecule has 0 aromatic heterocycles. The molecular formula is C17H9F2N2O3-. The number of carboxylic acid groups (broad SMARTS) is 1.